The molecule has 1 saturated heterocycles. The quantitative estimate of drug-likeness (QED) is 0.650. The minimum absolute atomic E-state index is 0.253. The fraction of sp³-hybridized carbons (Fsp3) is 0.286. The first-order chi connectivity index (χ1) is 12.9. The number of rotatable bonds is 4. The number of carbonyl (C=O) groups is 3. The number of halogens is 1. The molecule has 2 aliphatic rings. The molecule has 3 amide bonds. The molecule has 4 rings (SSSR count). The maximum atomic E-state index is 13.0. The minimum Gasteiger partial charge on any atom is -0.319 e. The number of ketones is 1. The van der Waals surface area contributed by atoms with Gasteiger partial charge in [-0.2, -0.15) is 0 Å². The molecule has 0 radical (unpaired) electrons. The number of carbonyl (C=O) groups excluding carboxylic acids is 3. The summed E-state index contributed by atoms with van der Waals surface area (Å²) in [4.78, 5) is 39.1. The number of hydrogen-bond acceptors (Lipinski definition) is 3. The fourth-order valence-corrected chi connectivity index (χ4v) is 4.19. The predicted octanol–water partition coefficient (Wildman–Crippen LogP) is 3.48. The maximum Gasteiger partial charge on any atom is 0.325 e. The fourth-order valence-electron chi connectivity index (χ4n) is 3.87. The van der Waals surface area contributed by atoms with E-state index in [4.69, 9.17) is 11.6 Å². The van der Waals surface area contributed by atoms with Crippen molar-refractivity contribution < 1.29 is 14.4 Å². The molecular formula is C21H19ClN2O3. The van der Waals surface area contributed by atoms with Gasteiger partial charge >= 0.3 is 6.03 Å². The summed E-state index contributed by atoms with van der Waals surface area (Å²) >= 11 is 6.22. The number of nitrogens with zero attached hydrogens (tertiary/aromatic N) is 1. The Morgan fingerprint density at radius 1 is 1.15 bits per heavy atom. The van der Waals surface area contributed by atoms with Gasteiger partial charge in [0.1, 0.15) is 5.54 Å². The molecule has 1 aliphatic carbocycles. The van der Waals surface area contributed by atoms with Crippen LogP contribution in [0.4, 0.5) is 4.79 Å². The Kier molecular flexibility index (Phi) is 4.27. The molecule has 1 N–H and O–H groups in total. The van der Waals surface area contributed by atoms with Crippen molar-refractivity contribution in [2.24, 2.45) is 0 Å². The van der Waals surface area contributed by atoms with Crippen LogP contribution in [-0.4, -0.2) is 29.2 Å². The molecule has 1 fully saturated rings. The van der Waals surface area contributed by atoms with Crippen LogP contribution in [0.1, 0.15) is 40.4 Å². The van der Waals surface area contributed by atoms with Crippen LogP contribution in [0.5, 0.6) is 0 Å². The zero-order valence-corrected chi connectivity index (χ0v) is 15.7. The molecule has 0 aromatic heterocycles. The number of aryl methyl sites for hydroxylation is 2. The van der Waals surface area contributed by atoms with E-state index in [1.54, 1.807) is 37.3 Å². The molecule has 27 heavy (non-hydrogen) atoms. The van der Waals surface area contributed by atoms with E-state index in [1.807, 2.05) is 12.1 Å². The second kappa shape index (κ2) is 6.50. The molecule has 1 heterocycles. The topological polar surface area (TPSA) is 66.5 Å². The summed E-state index contributed by atoms with van der Waals surface area (Å²) in [6.07, 6.45) is 3.09. The van der Waals surface area contributed by atoms with Gasteiger partial charge in [0.25, 0.3) is 5.91 Å². The average Bonchev–Trinajstić information content (AvgIpc) is 3.20. The third kappa shape index (κ3) is 2.92. The summed E-state index contributed by atoms with van der Waals surface area (Å²) in [5.41, 5.74) is 2.21. The van der Waals surface area contributed by atoms with Crippen LogP contribution >= 0.6 is 11.6 Å². The lowest BCUT2D eigenvalue weighted by molar-refractivity contribution is -0.130. The van der Waals surface area contributed by atoms with Crippen molar-refractivity contribution >= 4 is 29.3 Å². The van der Waals surface area contributed by atoms with Crippen molar-refractivity contribution in [1.82, 2.24) is 10.2 Å². The molecule has 0 spiro atoms. The molecule has 6 heteroatoms. The normalized spacial score (nSPS) is 21.3. The lowest BCUT2D eigenvalue weighted by atomic mass is 9.92. The summed E-state index contributed by atoms with van der Waals surface area (Å²) in [5, 5.41) is 3.08. The first-order valence-electron chi connectivity index (χ1n) is 8.94. The Labute approximate surface area is 162 Å². The van der Waals surface area contributed by atoms with E-state index in [1.165, 1.54) is 11.1 Å². The van der Waals surface area contributed by atoms with E-state index < -0.39 is 17.5 Å². The van der Waals surface area contributed by atoms with Crippen molar-refractivity contribution in [3.63, 3.8) is 0 Å². The molecule has 138 valence electrons. The lowest BCUT2D eigenvalue weighted by Gasteiger charge is -2.23. The number of benzene rings is 2. The monoisotopic (exact) mass is 382 g/mol. The largest absolute Gasteiger partial charge is 0.325 e. The average molecular weight is 383 g/mol. The van der Waals surface area contributed by atoms with Gasteiger partial charge in [-0.25, -0.2) is 4.79 Å². The van der Waals surface area contributed by atoms with Crippen LogP contribution in [0.25, 0.3) is 0 Å². The third-order valence-electron chi connectivity index (χ3n) is 5.41. The number of hydrogen-bond donors (Lipinski definition) is 1. The SMILES string of the molecule is C[C@]1(c2ccccc2Cl)NC(=O)N(CC(=O)c2ccc3c(c2)CCC3)C1=O. The number of fused-ring (bicyclic) bond motifs is 1. The second-order valence-electron chi connectivity index (χ2n) is 7.19. The summed E-state index contributed by atoms with van der Waals surface area (Å²) in [6.45, 7) is 1.32. The Balaban J connectivity index is 1.58. The van der Waals surface area contributed by atoms with Gasteiger partial charge in [0.05, 0.1) is 6.54 Å². The highest BCUT2D eigenvalue weighted by molar-refractivity contribution is 6.32. The van der Waals surface area contributed by atoms with Crippen LogP contribution in [-0.2, 0) is 23.2 Å². The van der Waals surface area contributed by atoms with Crippen LogP contribution in [0.15, 0.2) is 42.5 Å². The summed E-state index contributed by atoms with van der Waals surface area (Å²) in [7, 11) is 0. The van der Waals surface area contributed by atoms with Crippen LogP contribution in [0, 0.1) is 0 Å². The zero-order valence-electron chi connectivity index (χ0n) is 14.9. The van der Waals surface area contributed by atoms with E-state index in [2.05, 4.69) is 5.32 Å². The minimum atomic E-state index is -1.28. The first-order valence-corrected chi connectivity index (χ1v) is 9.32. The van der Waals surface area contributed by atoms with E-state index in [-0.39, 0.29) is 12.3 Å². The predicted molar refractivity (Wildman–Crippen MR) is 102 cm³/mol. The first kappa shape index (κ1) is 17.7. The van der Waals surface area contributed by atoms with E-state index in [0.717, 1.165) is 24.2 Å². The van der Waals surface area contributed by atoms with Gasteiger partial charge in [-0.05, 0) is 49.4 Å². The van der Waals surface area contributed by atoms with Gasteiger partial charge in [0, 0.05) is 16.1 Å². The Morgan fingerprint density at radius 2 is 1.89 bits per heavy atom. The number of Topliss-reactive ketones (excluding diaryl/α,β-unsaturated/α-hetero) is 1. The number of urea groups is 1. The van der Waals surface area contributed by atoms with Crippen molar-refractivity contribution in [1.29, 1.82) is 0 Å². The van der Waals surface area contributed by atoms with Crippen LogP contribution < -0.4 is 5.32 Å². The smallest absolute Gasteiger partial charge is 0.319 e. The summed E-state index contributed by atoms with van der Waals surface area (Å²) in [5.74, 6) is -0.730. The van der Waals surface area contributed by atoms with E-state index in [0.29, 0.717) is 16.1 Å². The van der Waals surface area contributed by atoms with Crippen molar-refractivity contribution in [2.45, 2.75) is 31.7 Å². The van der Waals surface area contributed by atoms with Gasteiger partial charge in [-0.3, -0.25) is 14.5 Å². The lowest BCUT2D eigenvalue weighted by Crippen LogP contribution is -2.41. The summed E-state index contributed by atoms with van der Waals surface area (Å²) in [6, 6.07) is 11.9. The maximum absolute atomic E-state index is 13.0. The highest BCUT2D eigenvalue weighted by Gasteiger charge is 2.50. The highest BCUT2D eigenvalue weighted by Crippen LogP contribution is 2.33. The Bertz CT molecular complexity index is 972. The Hall–Kier alpha value is -2.66. The van der Waals surface area contributed by atoms with Gasteiger partial charge in [0.15, 0.2) is 5.78 Å². The van der Waals surface area contributed by atoms with Crippen molar-refractivity contribution in [3.05, 3.63) is 69.7 Å². The molecule has 0 saturated carbocycles. The van der Waals surface area contributed by atoms with Crippen LogP contribution in [0.2, 0.25) is 5.02 Å². The number of nitrogens with one attached hydrogen (secondary N) is 1. The molecule has 2 aromatic carbocycles. The van der Waals surface area contributed by atoms with Crippen molar-refractivity contribution in [3.8, 4) is 0 Å². The standard InChI is InChI=1S/C21H19ClN2O3/c1-21(16-7-2-3-8-17(16)22)19(26)24(20(27)23-21)12-18(25)15-10-9-13-5-4-6-14(13)11-15/h2-3,7-11H,4-6,12H2,1H3,(H,23,27)/t21-/m1/s1. The van der Waals surface area contributed by atoms with Gasteiger partial charge in [-0.15, -0.1) is 0 Å². The molecular weight excluding hydrogens is 364 g/mol. The summed E-state index contributed by atoms with van der Waals surface area (Å²) < 4.78 is 0. The second-order valence-corrected chi connectivity index (χ2v) is 7.59. The van der Waals surface area contributed by atoms with E-state index >= 15 is 0 Å². The number of amides is 3. The zero-order chi connectivity index (χ0) is 19.2. The molecule has 1 atom stereocenters. The molecule has 1 aliphatic heterocycles. The molecule has 2 aromatic rings. The van der Waals surface area contributed by atoms with Gasteiger partial charge < -0.3 is 5.32 Å². The van der Waals surface area contributed by atoms with E-state index in [9.17, 15) is 14.4 Å². The Morgan fingerprint density at radius 3 is 2.67 bits per heavy atom. The highest BCUT2D eigenvalue weighted by atomic mass is 35.5. The molecule has 0 bridgehead atoms. The van der Waals surface area contributed by atoms with Gasteiger partial charge in [0.2, 0.25) is 0 Å². The third-order valence-corrected chi connectivity index (χ3v) is 5.74. The molecule has 5 nitrogen and oxygen atoms in total. The van der Waals surface area contributed by atoms with Crippen molar-refractivity contribution in [2.75, 3.05) is 6.54 Å². The number of imide groups is 1. The van der Waals surface area contributed by atoms with Gasteiger partial charge in [-0.1, -0.05) is 41.9 Å². The molecule has 0 unspecified atom stereocenters. The van der Waals surface area contributed by atoms with Crippen LogP contribution in [0.3, 0.4) is 0 Å².